The summed E-state index contributed by atoms with van der Waals surface area (Å²) < 4.78 is 11.8. The van der Waals surface area contributed by atoms with E-state index in [1.165, 1.54) is 10.4 Å². The number of hydrogen-bond acceptors (Lipinski definition) is 7. The second kappa shape index (κ2) is 8.96. The fourth-order valence-corrected chi connectivity index (χ4v) is 6.15. The van der Waals surface area contributed by atoms with Crippen LogP contribution < -0.4 is 4.74 Å². The smallest absolute Gasteiger partial charge is 0.293 e. The number of rotatable bonds is 8. The van der Waals surface area contributed by atoms with Crippen LogP contribution in [0.4, 0.5) is 0 Å². The van der Waals surface area contributed by atoms with Crippen molar-refractivity contribution < 1.29 is 14.3 Å². The number of carbonyl (C=O) groups is 1. The van der Waals surface area contributed by atoms with Crippen molar-refractivity contribution in [3.8, 4) is 5.88 Å². The minimum atomic E-state index is -0.0336. The lowest BCUT2D eigenvalue weighted by atomic mass is 9.92. The summed E-state index contributed by atoms with van der Waals surface area (Å²) in [6.45, 7) is 2.65. The Morgan fingerprint density at radius 2 is 2.03 bits per heavy atom. The minimum Gasteiger partial charge on any atom is -0.474 e. The Hall–Kier alpha value is -1.73. The Morgan fingerprint density at radius 1 is 1.24 bits per heavy atom. The molecule has 0 spiro atoms. The van der Waals surface area contributed by atoms with Crippen LogP contribution in [-0.2, 0) is 16.0 Å². The number of ether oxygens (including phenoxy) is 2. The number of fused-ring (bicyclic) bond motifs is 3. The largest absolute Gasteiger partial charge is 0.474 e. The maximum absolute atomic E-state index is 10.8. The van der Waals surface area contributed by atoms with Crippen LogP contribution in [0.2, 0.25) is 0 Å². The van der Waals surface area contributed by atoms with Crippen LogP contribution >= 0.6 is 11.3 Å². The van der Waals surface area contributed by atoms with Gasteiger partial charge in [-0.2, -0.15) is 0 Å². The predicted molar refractivity (Wildman–Crippen MR) is 115 cm³/mol. The standard InChI is InChI=1S/C22H31N3O3S/c1-4-16(27-13-26)11-14-5-10-18-19(14)20-21(23-12-24-22(20)29-18)28-17-8-6-15(7-9-17)25(2)3/h12-17H,4-11H2,1-3H3/t14-,15?,16+,17?/m1/s1. The average molecular weight is 418 g/mol. The van der Waals surface area contributed by atoms with Gasteiger partial charge in [-0.25, -0.2) is 9.97 Å². The second-order valence-electron chi connectivity index (χ2n) is 8.54. The van der Waals surface area contributed by atoms with Crippen molar-refractivity contribution in [2.45, 2.75) is 82.5 Å². The van der Waals surface area contributed by atoms with Crippen molar-refractivity contribution >= 4 is 28.0 Å². The van der Waals surface area contributed by atoms with E-state index < -0.39 is 0 Å². The third-order valence-electron chi connectivity index (χ3n) is 6.60. The van der Waals surface area contributed by atoms with Crippen molar-refractivity contribution in [1.82, 2.24) is 14.9 Å². The summed E-state index contributed by atoms with van der Waals surface area (Å²) in [7, 11) is 4.32. The summed E-state index contributed by atoms with van der Waals surface area (Å²) in [4.78, 5) is 24.7. The summed E-state index contributed by atoms with van der Waals surface area (Å²) in [6, 6.07) is 0.652. The Labute approximate surface area is 176 Å². The molecule has 2 aromatic heterocycles. The molecule has 0 N–H and O–H groups in total. The fourth-order valence-electron chi connectivity index (χ4n) is 4.92. The Balaban J connectivity index is 1.56. The highest BCUT2D eigenvalue weighted by Gasteiger charge is 2.33. The molecule has 0 aliphatic heterocycles. The van der Waals surface area contributed by atoms with Crippen molar-refractivity contribution in [1.29, 1.82) is 0 Å². The van der Waals surface area contributed by atoms with Crippen LogP contribution in [-0.4, -0.2) is 53.7 Å². The molecule has 1 fully saturated rings. The Kier molecular flexibility index (Phi) is 6.35. The summed E-state index contributed by atoms with van der Waals surface area (Å²) in [5.41, 5.74) is 1.34. The van der Waals surface area contributed by atoms with Crippen molar-refractivity contribution in [3.05, 3.63) is 16.8 Å². The molecular weight excluding hydrogens is 386 g/mol. The van der Waals surface area contributed by atoms with Crippen LogP contribution in [0.3, 0.4) is 0 Å². The van der Waals surface area contributed by atoms with Gasteiger partial charge in [0.2, 0.25) is 5.88 Å². The summed E-state index contributed by atoms with van der Waals surface area (Å²) >= 11 is 1.77. The molecule has 0 bridgehead atoms. The van der Waals surface area contributed by atoms with E-state index in [1.807, 2.05) is 0 Å². The molecule has 0 amide bonds. The quantitative estimate of drug-likeness (QED) is 0.596. The van der Waals surface area contributed by atoms with Gasteiger partial charge in [-0.1, -0.05) is 6.92 Å². The molecule has 0 radical (unpaired) electrons. The molecule has 6 nitrogen and oxygen atoms in total. The minimum absolute atomic E-state index is 0.0336. The third kappa shape index (κ3) is 4.26. The molecule has 2 aliphatic carbocycles. The number of thiophene rings is 1. The lowest BCUT2D eigenvalue weighted by Crippen LogP contribution is -2.35. The van der Waals surface area contributed by atoms with Gasteiger partial charge >= 0.3 is 0 Å². The zero-order chi connectivity index (χ0) is 20.4. The van der Waals surface area contributed by atoms with Crippen molar-refractivity contribution in [3.63, 3.8) is 0 Å². The molecule has 0 saturated heterocycles. The molecule has 2 aromatic rings. The molecule has 2 atom stereocenters. The van der Waals surface area contributed by atoms with Gasteiger partial charge in [-0.05, 0) is 76.9 Å². The molecular formula is C22H31N3O3S. The molecule has 2 aliphatic rings. The maximum atomic E-state index is 10.8. The summed E-state index contributed by atoms with van der Waals surface area (Å²) in [6.07, 6.45) is 10.1. The first-order chi connectivity index (χ1) is 14.1. The van der Waals surface area contributed by atoms with Gasteiger partial charge in [0.25, 0.3) is 6.47 Å². The molecule has 0 unspecified atom stereocenters. The summed E-state index contributed by atoms with van der Waals surface area (Å²) in [5.74, 6) is 1.12. The van der Waals surface area contributed by atoms with Crippen molar-refractivity contribution in [2.24, 2.45) is 0 Å². The fraction of sp³-hybridized carbons (Fsp3) is 0.682. The molecule has 2 heterocycles. The first-order valence-electron chi connectivity index (χ1n) is 10.8. The van der Waals surface area contributed by atoms with E-state index in [1.54, 1.807) is 17.7 Å². The van der Waals surface area contributed by atoms with E-state index in [9.17, 15) is 4.79 Å². The molecule has 158 valence electrons. The van der Waals surface area contributed by atoms with Gasteiger partial charge < -0.3 is 14.4 Å². The first kappa shape index (κ1) is 20.5. The van der Waals surface area contributed by atoms with Gasteiger partial charge in [0.05, 0.1) is 5.39 Å². The number of hydrogen-bond donors (Lipinski definition) is 0. The van der Waals surface area contributed by atoms with Gasteiger partial charge in [-0.15, -0.1) is 11.3 Å². The van der Waals surface area contributed by atoms with Crippen LogP contribution in [0.15, 0.2) is 6.33 Å². The molecule has 29 heavy (non-hydrogen) atoms. The average Bonchev–Trinajstić information content (AvgIpc) is 3.28. The lowest BCUT2D eigenvalue weighted by molar-refractivity contribution is -0.134. The zero-order valence-corrected chi connectivity index (χ0v) is 18.4. The van der Waals surface area contributed by atoms with E-state index in [0.29, 0.717) is 18.4 Å². The second-order valence-corrected chi connectivity index (χ2v) is 9.63. The van der Waals surface area contributed by atoms with Crippen LogP contribution in [0.1, 0.15) is 68.2 Å². The van der Waals surface area contributed by atoms with E-state index in [-0.39, 0.29) is 12.2 Å². The van der Waals surface area contributed by atoms with Crippen LogP contribution in [0.25, 0.3) is 10.2 Å². The number of nitrogens with zero attached hydrogens (tertiary/aromatic N) is 3. The molecule has 1 saturated carbocycles. The van der Waals surface area contributed by atoms with Gasteiger partial charge in [0.15, 0.2) is 0 Å². The maximum Gasteiger partial charge on any atom is 0.293 e. The van der Waals surface area contributed by atoms with Crippen molar-refractivity contribution in [2.75, 3.05) is 14.1 Å². The first-order valence-corrected chi connectivity index (χ1v) is 11.6. The normalized spacial score (nSPS) is 25.2. The molecule has 0 aromatic carbocycles. The SMILES string of the molecule is CC[C@@H](C[C@H]1CCc2sc3ncnc(OC4CCC(N(C)C)CC4)c3c21)OC=O. The van der Waals surface area contributed by atoms with E-state index in [4.69, 9.17) is 9.47 Å². The zero-order valence-electron chi connectivity index (χ0n) is 17.6. The topological polar surface area (TPSA) is 64.6 Å². The van der Waals surface area contributed by atoms with Crippen LogP contribution in [0, 0.1) is 0 Å². The van der Waals surface area contributed by atoms with Gasteiger partial charge in [0, 0.05) is 10.9 Å². The summed E-state index contributed by atoms with van der Waals surface area (Å²) in [5, 5.41) is 1.10. The Bertz CT molecular complexity index is 845. The highest BCUT2D eigenvalue weighted by Crippen LogP contribution is 2.48. The number of carbonyl (C=O) groups excluding carboxylic acids is 1. The Morgan fingerprint density at radius 3 is 2.72 bits per heavy atom. The molecule has 7 heteroatoms. The third-order valence-corrected chi connectivity index (χ3v) is 7.77. The van der Waals surface area contributed by atoms with E-state index in [0.717, 1.165) is 67.5 Å². The highest BCUT2D eigenvalue weighted by atomic mass is 32.1. The monoisotopic (exact) mass is 417 g/mol. The van der Waals surface area contributed by atoms with E-state index in [2.05, 4.69) is 35.9 Å². The van der Waals surface area contributed by atoms with Gasteiger partial charge in [0.1, 0.15) is 23.4 Å². The predicted octanol–water partition coefficient (Wildman–Crippen LogP) is 4.31. The number of aromatic nitrogens is 2. The lowest BCUT2D eigenvalue weighted by Gasteiger charge is -2.32. The molecule has 4 rings (SSSR count). The highest BCUT2D eigenvalue weighted by molar-refractivity contribution is 7.19. The van der Waals surface area contributed by atoms with Crippen LogP contribution in [0.5, 0.6) is 5.88 Å². The van der Waals surface area contributed by atoms with E-state index >= 15 is 0 Å². The van der Waals surface area contributed by atoms with Gasteiger partial charge in [-0.3, -0.25) is 4.79 Å². The number of aryl methyl sites for hydroxylation is 1.